The summed E-state index contributed by atoms with van der Waals surface area (Å²) < 4.78 is 37.0. The molecule has 0 bridgehead atoms. The van der Waals surface area contributed by atoms with E-state index in [9.17, 15) is 13.2 Å². The highest BCUT2D eigenvalue weighted by atomic mass is 19.4. The average Bonchev–Trinajstić information content (AvgIpc) is 2.15. The van der Waals surface area contributed by atoms with Crippen LogP contribution in [-0.2, 0) is 6.18 Å². The van der Waals surface area contributed by atoms with Crippen LogP contribution in [0.4, 0.5) is 25.1 Å². The van der Waals surface area contributed by atoms with Gasteiger partial charge >= 0.3 is 6.18 Å². The van der Waals surface area contributed by atoms with E-state index in [0.29, 0.717) is 0 Å². The van der Waals surface area contributed by atoms with Gasteiger partial charge in [-0.3, -0.25) is 0 Å². The van der Waals surface area contributed by atoms with Crippen LogP contribution >= 0.6 is 0 Å². The molecule has 0 spiro atoms. The smallest absolute Gasteiger partial charge is 0.368 e. The summed E-state index contributed by atoms with van der Waals surface area (Å²) in [6, 6.07) is -0.0390. The molecule has 0 aromatic carbocycles. The fourth-order valence-electron chi connectivity index (χ4n) is 0.906. The van der Waals surface area contributed by atoms with Crippen molar-refractivity contribution in [3.05, 3.63) is 5.82 Å². The van der Waals surface area contributed by atoms with Crippen molar-refractivity contribution in [3.63, 3.8) is 0 Å². The van der Waals surface area contributed by atoms with Gasteiger partial charge in [0.15, 0.2) is 0 Å². The van der Waals surface area contributed by atoms with E-state index in [2.05, 4.69) is 20.3 Å². The average molecular weight is 235 g/mol. The third-order valence-corrected chi connectivity index (χ3v) is 1.89. The van der Waals surface area contributed by atoms with Crippen molar-refractivity contribution in [2.45, 2.75) is 32.5 Å². The summed E-state index contributed by atoms with van der Waals surface area (Å²) >= 11 is 0. The van der Waals surface area contributed by atoms with Crippen molar-refractivity contribution >= 4 is 11.9 Å². The van der Waals surface area contributed by atoms with E-state index in [1.807, 2.05) is 6.92 Å². The largest absolute Gasteiger partial charge is 0.451 e. The molecular weight excluding hydrogens is 223 g/mol. The molecule has 90 valence electrons. The van der Waals surface area contributed by atoms with Crippen molar-refractivity contribution < 1.29 is 13.2 Å². The maximum atomic E-state index is 12.3. The topological polar surface area (TPSA) is 76.7 Å². The summed E-state index contributed by atoms with van der Waals surface area (Å²) in [5.74, 6) is -1.90. The van der Waals surface area contributed by atoms with Crippen LogP contribution in [-0.4, -0.2) is 21.0 Å². The number of nitrogens with one attached hydrogen (secondary N) is 1. The van der Waals surface area contributed by atoms with Gasteiger partial charge in [-0.25, -0.2) is 0 Å². The lowest BCUT2D eigenvalue weighted by molar-refractivity contribution is -0.144. The fraction of sp³-hybridized carbons (Fsp3) is 0.625. The molecule has 8 heteroatoms. The second-order valence-corrected chi connectivity index (χ2v) is 3.29. The summed E-state index contributed by atoms with van der Waals surface area (Å²) in [5, 5.41) is 2.70. The zero-order valence-electron chi connectivity index (χ0n) is 8.84. The Kier molecular flexibility index (Phi) is 3.51. The molecule has 1 heterocycles. The number of aromatic nitrogens is 3. The zero-order chi connectivity index (χ0) is 12.3. The van der Waals surface area contributed by atoms with Crippen molar-refractivity contribution in [1.29, 1.82) is 0 Å². The van der Waals surface area contributed by atoms with E-state index in [4.69, 9.17) is 5.73 Å². The first-order valence-corrected chi connectivity index (χ1v) is 4.68. The van der Waals surface area contributed by atoms with Gasteiger partial charge in [-0.05, 0) is 13.3 Å². The first-order chi connectivity index (χ1) is 7.32. The summed E-state index contributed by atoms with van der Waals surface area (Å²) in [5.41, 5.74) is 5.17. The Balaban J connectivity index is 2.99. The van der Waals surface area contributed by atoms with Gasteiger partial charge in [0.2, 0.25) is 17.7 Å². The van der Waals surface area contributed by atoms with Gasteiger partial charge in [0.05, 0.1) is 0 Å². The minimum absolute atomic E-state index is 0.0390. The number of nitrogens with zero attached hydrogens (tertiary/aromatic N) is 3. The summed E-state index contributed by atoms with van der Waals surface area (Å²) in [6.07, 6.45) is -3.89. The van der Waals surface area contributed by atoms with Crippen LogP contribution in [0.2, 0.25) is 0 Å². The number of nitrogens with two attached hydrogens (primary N) is 1. The quantitative estimate of drug-likeness (QED) is 0.833. The number of hydrogen-bond acceptors (Lipinski definition) is 5. The maximum absolute atomic E-state index is 12.3. The molecule has 0 saturated heterocycles. The first kappa shape index (κ1) is 12.5. The third kappa shape index (κ3) is 3.21. The Labute approximate surface area is 90.3 Å². The standard InChI is InChI=1S/C8H12F3N5/c1-3-4(2)13-7-15-5(8(9,10)11)14-6(12)16-7/h4H,3H2,1-2H3,(H3,12,13,14,15,16). The number of hydrogen-bond donors (Lipinski definition) is 2. The van der Waals surface area contributed by atoms with Crippen LogP contribution in [0.5, 0.6) is 0 Å². The molecule has 1 aromatic heterocycles. The van der Waals surface area contributed by atoms with Crippen LogP contribution in [0.3, 0.4) is 0 Å². The van der Waals surface area contributed by atoms with Crippen LogP contribution in [0.1, 0.15) is 26.1 Å². The lowest BCUT2D eigenvalue weighted by Gasteiger charge is -2.12. The lowest BCUT2D eigenvalue weighted by atomic mass is 10.3. The number of rotatable bonds is 3. The molecule has 5 nitrogen and oxygen atoms in total. The molecule has 0 radical (unpaired) electrons. The molecule has 0 saturated carbocycles. The van der Waals surface area contributed by atoms with Crippen LogP contribution in [0, 0.1) is 0 Å². The van der Waals surface area contributed by atoms with E-state index in [1.54, 1.807) is 6.92 Å². The van der Waals surface area contributed by atoms with Gasteiger partial charge < -0.3 is 11.1 Å². The van der Waals surface area contributed by atoms with E-state index >= 15 is 0 Å². The molecule has 16 heavy (non-hydrogen) atoms. The number of alkyl halides is 3. The van der Waals surface area contributed by atoms with Gasteiger partial charge in [-0.15, -0.1) is 0 Å². The molecule has 1 aromatic rings. The minimum atomic E-state index is -4.62. The highest BCUT2D eigenvalue weighted by Gasteiger charge is 2.35. The highest BCUT2D eigenvalue weighted by molar-refractivity contribution is 5.32. The van der Waals surface area contributed by atoms with Crippen molar-refractivity contribution in [1.82, 2.24) is 15.0 Å². The molecule has 0 fully saturated rings. The van der Waals surface area contributed by atoms with Gasteiger partial charge in [-0.1, -0.05) is 6.92 Å². The molecule has 0 aliphatic carbocycles. The van der Waals surface area contributed by atoms with E-state index in [0.717, 1.165) is 6.42 Å². The molecule has 0 amide bonds. The normalized spacial score (nSPS) is 13.6. The minimum Gasteiger partial charge on any atom is -0.368 e. The predicted molar refractivity (Wildman–Crippen MR) is 52.6 cm³/mol. The second-order valence-electron chi connectivity index (χ2n) is 3.29. The van der Waals surface area contributed by atoms with Crippen LogP contribution in [0.25, 0.3) is 0 Å². The molecule has 1 rings (SSSR count). The van der Waals surface area contributed by atoms with Crippen LogP contribution < -0.4 is 11.1 Å². The lowest BCUT2D eigenvalue weighted by Crippen LogP contribution is -2.20. The van der Waals surface area contributed by atoms with Crippen molar-refractivity contribution in [2.75, 3.05) is 11.1 Å². The monoisotopic (exact) mass is 235 g/mol. The summed E-state index contributed by atoms with van der Waals surface area (Å²) in [4.78, 5) is 9.86. The SMILES string of the molecule is CCC(C)Nc1nc(N)nc(C(F)(F)F)n1. The zero-order valence-corrected chi connectivity index (χ0v) is 8.84. The molecule has 0 aliphatic rings. The molecule has 1 unspecified atom stereocenters. The highest BCUT2D eigenvalue weighted by Crippen LogP contribution is 2.26. The van der Waals surface area contributed by atoms with Crippen LogP contribution in [0.15, 0.2) is 0 Å². The summed E-state index contributed by atoms with van der Waals surface area (Å²) in [7, 11) is 0. The Morgan fingerprint density at radius 3 is 2.44 bits per heavy atom. The van der Waals surface area contributed by atoms with E-state index < -0.39 is 17.9 Å². The fourth-order valence-corrected chi connectivity index (χ4v) is 0.906. The van der Waals surface area contributed by atoms with E-state index in [1.165, 1.54) is 0 Å². The number of halogens is 3. The van der Waals surface area contributed by atoms with Gasteiger partial charge in [0.1, 0.15) is 0 Å². The van der Waals surface area contributed by atoms with Gasteiger partial charge in [0, 0.05) is 6.04 Å². The second kappa shape index (κ2) is 4.50. The summed E-state index contributed by atoms with van der Waals surface area (Å²) in [6.45, 7) is 3.68. The molecule has 0 aliphatic heterocycles. The van der Waals surface area contributed by atoms with Crippen molar-refractivity contribution in [3.8, 4) is 0 Å². The molecular formula is C8H12F3N5. The number of anilines is 2. The van der Waals surface area contributed by atoms with Gasteiger partial charge in [-0.2, -0.15) is 28.1 Å². The Hall–Kier alpha value is -1.60. The molecule has 3 N–H and O–H groups in total. The van der Waals surface area contributed by atoms with Crippen molar-refractivity contribution in [2.24, 2.45) is 0 Å². The van der Waals surface area contributed by atoms with Gasteiger partial charge in [0.25, 0.3) is 0 Å². The Morgan fingerprint density at radius 2 is 1.94 bits per heavy atom. The maximum Gasteiger partial charge on any atom is 0.451 e. The van der Waals surface area contributed by atoms with E-state index in [-0.39, 0.29) is 12.0 Å². The first-order valence-electron chi connectivity index (χ1n) is 4.68. The Bertz CT molecular complexity index is 365. The third-order valence-electron chi connectivity index (χ3n) is 1.89. The molecule has 1 atom stereocenters. The number of nitrogen functional groups attached to an aromatic ring is 1. The Morgan fingerprint density at radius 1 is 1.31 bits per heavy atom. The predicted octanol–water partition coefficient (Wildman–Crippen LogP) is 1.68.